The number of hydrogen-bond acceptors (Lipinski definition) is 3. The van der Waals surface area contributed by atoms with Crippen LogP contribution in [0.2, 0.25) is 0 Å². The maximum atomic E-state index is 12.2. The third-order valence-corrected chi connectivity index (χ3v) is 4.76. The molecule has 0 heterocycles. The number of benzene rings is 2. The lowest BCUT2D eigenvalue weighted by Gasteiger charge is -2.11. The predicted octanol–water partition coefficient (Wildman–Crippen LogP) is 2.46. The Bertz CT molecular complexity index is 797. The van der Waals surface area contributed by atoms with E-state index in [0.29, 0.717) is 11.3 Å². The summed E-state index contributed by atoms with van der Waals surface area (Å²) in [5.74, 6) is -0.276. The molecule has 6 heteroatoms. The fourth-order valence-electron chi connectivity index (χ4n) is 1.92. The molecule has 5 nitrogen and oxygen atoms in total. The first-order chi connectivity index (χ1) is 10.3. The zero-order valence-corrected chi connectivity index (χ0v) is 13.5. The molecule has 0 radical (unpaired) electrons. The van der Waals surface area contributed by atoms with E-state index in [0.717, 1.165) is 11.1 Å². The Balaban J connectivity index is 2.31. The number of carbonyl (C=O) groups is 1. The zero-order chi connectivity index (χ0) is 16.3. The van der Waals surface area contributed by atoms with Crippen molar-refractivity contribution in [1.82, 2.24) is 4.72 Å². The van der Waals surface area contributed by atoms with E-state index in [2.05, 4.69) is 10.0 Å². The van der Waals surface area contributed by atoms with E-state index in [1.54, 1.807) is 25.1 Å². The highest BCUT2D eigenvalue weighted by atomic mass is 32.2. The van der Waals surface area contributed by atoms with Crippen LogP contribution in [0.25, 0.3) is 0 Å². The number of rotatable bonds is 4. The van der Waals surface area contributed by atoms with E-state index < -0.39 is 10.0 Å². The molecule has 0 aliphatic rings. The standard InChI is InChI=1S/C16H18N2O3S/c1-11-4-7-13(8-5-11)16(19)18-15-10-14(9-6-12(15)2)22(20,21)17-3/h4-10,17H,1-3H3,(H,18,19). The molecule has 116 valence electrons. The van der Waals surface area contributed by atoms with Gasteiger partial charge in [0.25, 0.3) is 5.91 Å². The number of sulfonamides is 1. The summed E-state index contributed by atoms with van der Waals surface area (Å²) in [5, 5.41) is 2.75. The van der Waals surface area contributed by atoms with Gasteiger partial charge in [0.1, 0.15) is 0 Å². The van der Waals surface area contributed by atoms with Crippen LogP contribution in [0.3, 0.4) is 0 Å². The summed E-state index contributed by atoms with van der Waals surface area (Å²) in [7, 11) is -2.20. The molecule has 0 fully saturated rings. The van der Waals surface area contributed by atoms with Crippen LogP contribution in [0.5, 0.6) is 0 Å². The molecular weight excluding hydrogens is 300 g/mol. The first-order valence-electron chi connectivity index (χ1n) is 6.76. The highest BCUT2D eigenvalue weighted by Crippen LogP contribution is 2.21. The highest BCUT2D eigenvalue weighted by Gasteiger charge is 2.14. The summed E-state index contributed by atoms with van der Waals surface area (Å²) in [6.07, 6.45) is 0. The van der Waals surface area contributed by atoms with Gasteiger partial charge in [-0.05, 0) is 50.7 Å². The molecule has 0 aliphatic carbocycles. The topological polar surface area (TPSA) is 75.3 Å². The number of anilines is 1. The smallest absolute Gasteiger partial charge is 0.255 e. The number of amides is 1. The molecule has 2 aromatic carbocycles. The van der Waals surface area contributed by atoms with Crippen molar-refractivity contribution in [2.75, 3.05) is 12.4 Å². The van der Waals surface area contributed by atoms with Crippen LogP contribution in [0, 0.1) is 13.8 Å². The normalized spacial score (nSPS) is 11.2. The minimum Gasteiger partial charge on any atom is -0.322 e. The largest absolute Gasteiger partial charge is 0.322 e. The van der Waals surface area contributed by atoms with E-state index >= 15 is 0 Å². The molecule has 0 spiro atoms. The zero-order valence-electron chi connectivity index (χ0n) is 12.7. The van der Waals surface area contributed by atoms with E-state index in [1.807, 2.05) is 19.1 Å². The first-order valence-corrected chi connectivity index (χ1v) is 8.24. The highest BCUT2D eigenvalue weighted by molar-refractivity contribution is 7.89. The lowest BCUT2D eigenvalue weighted by Crippen LogP contribution is -2.19. The Morgan fingerprint density at radius 2 is 1.64 bits per heavy atom. The Morgan fingerprint density at radius 3 is 2.23 bits per heavy atom. The summed E-state index contributed by atoms with van der Waals surface area (Å²) >= 11 is 0. The fraction of sp³-hybridized carbons (Fsp3) is 0.188. The SMILES string of the molecule is CNS(=O)(=O)c1ccc(C)c(NC(=O)c2ccc(C)cc2)c1. The van der Waals surface area contributed by atoms with Crippen molar-refractivity contribution in [1.29, 1.82) is 0 Å². The van der Waals surface area contributed by atoms with Gasteiger partial charge in [-0.3, -0.25) is 4.79 Å². The minimum atomic E-state index is -3.54. The summed E-state index contributed by atoms with van der Waals surface area (Å²) < 4.78 is 25.9. The van der Waals surface area contributed by atoms with Gasteiger partial charge in [0.15, 0.2) is 0 Å². The lowest BCUT2D eigenvalue weighted by molar-refractivity contribution is 0.102. The van der Waals surface area contributed by atoms with E-state index in [9.17, 15) is 13.2 Å². The van der Waals surface area contributed by atoms with Crippen molar-refractivity contribution in [2.45, 2.75) is 18.7 Å². The molecule has 2 aromatic rings. The van der Waals surface area contributed by atoms with Crippen molar-refractivity contribution in [3.63, 3.8) is 0 Å². The molecule has 0 saturated heterocycles. The summed E-state index contributed by atoms with van der Waals surface area (Å²) in [6.45, 7) is 3.75. The number of carbonyl (C=O) groups excluding carboxylic acids is 1. The van der Waals surface area contributed by atoms with Crippen molar-refractivity contribution < 1.29 is 13.2 Å². The van der Waals surface area contributed by atoms with Crippen molar-refractivity contribution >= 4 is 21.6 Å². The molecule has 0 unspecified atom stereocenters. The molecule has 1 amide bonds. The monoisotopic (exact) mass is 318 g/mol. The van der Waals surface area contributed by atoms with E-state index in [4.69, 9.17) is 0 Å². The minimum absolute atomic E-state index is 0.111. The van der Waals surface area contributed by atoms with Crippen LogP contribution < -0.4 is 10.0 Å². The van der Waals surface area contributed by atoms with Crippen LogP contribution >= 0.6 is 0 Å². The molecule has 2 rings (SSSR count). The third-order valence-electron chi connectivity index (χ3n) is 3.35. The van der Waals surface area contributed by atoms with Gasteiger partial charge >= 0.3 is 0 Å². The second-order valence-corrected chi connectivity index (χ2v) is 6.89. The van der Waals surface area contributed by atoms with Crippen LogP contribution in [-0.2, 0) is 10.0 Å². The fourth-order valence-corrected chi connectivity index (χ4v) is 2.68. The molecule has 2 N–H and O–H groups in total. The van der Waals surface area contributed by atoms with E-state index in [-0.39, 0.29) is 10.8 Å². The third kappa shape index (κ3) is 3.52. The maximum Gasteiger partial charge on any atom is 0.255 e. The van der Waals surface area contributed by atoms with Gasteiger partial charge in [-0.15, -0.1) is 0 Å². The second kappa shape index (κ2) is 6.29. The van der Waals surface area contributed by atoms with Crippen LogP contribution in [-0.4, -0.2) is 21.4 Å². The average Bonchev–Trinajstić information content (AvgIpc) is 2.50. The van der Waals surface area contributed by atoms with Crippen molar-refractivity contribution in [2.24, 2.45) is 0 Å². The van der Waals surface area contributed by atoms with Crippen molar-refractivity contribution in [3.8, 4) is 0 Å². The van der Waals surface area contributed by atoms with Crippen LogP contribution in [0.1, 0.15) is 21.5 Å². The van der Waals surface area contributed by atoms with Gasteiger partial charge in [-0.1, -0.05) is 23.8 Å². The molecule has 0 saturated carbocycles. The van der Waals surface area contributed by atoms with Crippen LogP contribution in [0.15, 0.2) is 47.4 Å². The number of aryl methyl sites for hydroxylation is 2. The maximum absolute atomic E-state index is 12.2. The molecule has 0 bridgehead atoms. The molecule has 0 aromatic heterocycles. The Kier molecular flexibility index (Phi) is 4.63. The van der Waals surface area contributed by atoms with Gasteiger partial charge in [-0.2, -0.15) is 0 Å². The van der Waals surface area contributed by atoms with E-state index in [1.165, 1.54) is 19.2 Å². The Morgan fingerprint density at radius 1 is 1.00 bits per heavy atom. The van der Waals surface area contributed by atoms with Crippen molar-refractivity contribution in [3.05, 3.63) is 59.2 Å². The van der Waals surface area contributed by atoms with Gasteiger partial charge in [-0.25, -0.2) is 13.1 Å². The second-order valence-electron chi connectivity index (χ2n) is 5.00. The summed E-state index contributed by atoms with van der Waals surface area (Å²) in [6, 6.07) is 11.8. The summed E-state index contributed by atoms with van der Waals surface area (Å²) in [4.78, 5) is 12.3. The molecule has 22 heavy (non-hydrogen) atoms. The number of hydrogen-bond donors (Lipinski definition) is 2. The molecule has 0 atom stereocenters. The number of nitrogens with one attached hydrogen (secondary N) is 2. The molecule has 0 aliphatic heterocycles. The first kappa shape index (κ1) is 16.2. The van der Waals surface area contributed by atoms with Gasteiger partial charge in [0.05, 0.1) is 4.90 Å². The van der Waals surface area contributed by atoms with Crippen LogP contribution in [0.4, 0.5) is 5.69 Å². The average molecular weight is 318 g/mol. The van der Waals surface area contributed by atoms with Gasteiger partial charge in [0.2, 0.25) is 10.0 Å². The Labute approximate surface area is 130 Å². The van der Waals surface area contributed by atoms with Gasteiger partial charge in [0, 0.05) is 11.3 Å². The predicted molar refractivity (Wildman–Crippen MR) is 86.6 cm³/mol. The lowest BCUT2D eigenvalue weighted by atomic mass is 10.1. The Hall–Kier alpha value is -2.18. The quantitative estimate of drug-likeness (QED) is 0.909. The summed E-state index contributed by atoms with van der Waals surface area (Å²) in [5.41, 5.74) is 2.85. The van der Waals surface area contributed by atoms with Gasteiger partial charge < -0.3 is 5.32 Å². The molecular formula is C16H18N2O3S.